The summed E-state index contributed by atoms with van der Waals surface area (Å²) < 4.78 is 19.8. The van der Waals surface area contributed by atoms with Crippen molar-refractivity contribution in [2.75, 3.05) is 31.2 Å². The molecule has 4 rings (SSSR count). The number of aryl methyl sites for hydroxylation is 2. The lowest BCUT2D eigenvalue weighted by molar-refractivity contribution is 0.0959. The van der Waals surface area contributed by atoms with Gasteiger partial charge in [0.15, 0.2) is 0 Å². The van der Waals surface area contributed by atoms with Crippen molar-refractivity contribution >= 4 is 28.6 Å². The number of anilines is 1. The van der Waals surface area contributed by atoms with Gasteiger partial charge in [0.05, 0.1) is 29.5 Å². The molecule has 1 aromatic heterocycles. The third-order valence-corrected chi connectivity index (χ3v) is 6.25. The van der Waals surface area contributed by atoms with E-state index >= 15 is 0 Å². The lowest BCUT2D eigenvalue weighted by atomic mass is 10.1. The van der Waals surface area contributed by atoms with Crippen molar-refractivity contribution < 1.29 is 13.9 Å². The molecule has 1 saturated heterocycles. The molecule has 1 aliphatic heterocycles. The summed E-state index contributed by atoms with van der Waals surface area (Å²) in [4.78, 5) is 16.3. The zero-order chi connectivity index (χ0) is 18.8. The summed E-state index contributed by atoms with van der Waals surface area (Å²) in [5.41, 5.74) is 5.67. The van der Waals surface area contributed by atoms with Crippen LogP contribution in [0, 0.1) is 5.82 Å². The van der Waals surface area contributed by atoms with Crippen LogP contribution < -0.4 is 10.3 Å². The highest BCUT2D eigenvalue weighted by atomic mass is 32.1. The number of hydrogen-bond acceptors (Lipinski definition) is 5. The van der Waals surface area contributed by atoms with Gasteiger partial charge in [-0.2, -0.15) is 5.10 Å². The monoisotopic (exact) mass is 387 g/mol. The van der Waals surface area contributed by atoms with Crippen LogP contribution in [0.1, 0.15) is 39.0 Å². The second kappa shape index (κ2) is 7.78. The van der Waals surface area contributed by atoms with Gasteiger partial charge in [0, 0.05) is 23.5 Å². The summed E-state index contributed by atoms with van der Waals surface area (Å²) in [6.07, 6.45) is 3.28. The first-order valence-corrected chi connectivity index (χ1v) is 10.0. The van der Waals surface area contributed by atoms with E-state index in [4.69, 9.17) is 4.74 Å². The second-order valence-corrected chi connectivity index (χ2v) is 7.95. The number of nitrogens with one attached hydrogen (secondary N) is 1. The van der Waals surface area contributed by atoms with Gasteiger partial charge in [-0.15, -0.1) is 11.3 Å². The Hall–Kier alpha value is -2.25. The average molecular weight is 387 g/mol. The van der Waals surface area contributed by atoms with Gasteiger partial charge < -0.3 is 9.64 Å². The van der Waals surface area contributed by atoms with Crippen LogP contribution in [0.15, 0.2) is 29.4 Å². The summed E-state index contributed by atoms with van der Waals surface area (Å²) in [7, 11) is 0. The Bertz CT molecular complexity index is 866. The van der Waals surface area contributed by atoms with E-state index in [1.165, 1.54) is 22.9 Å². The largest absolute Gasteiger partial charge is 0.378 e. The Morgan fingerprint density at radius 2 is 2.07 bits per heavy atom. The Morgan fingerprint density at radius 1 is 1.26 bits per heavy atom. The fourth-order valence-electron chi connectivity index (χ4n) is 3.49. The standard InChI is InChI=1S/C20H22FN3O2S/c1-13(22-23-20(25)19-12-15-3-2-4-18(15)27-19)14-5-6-17(16(21)11-14)24-7-9-26-10-8-24/h5-6,11-12H,2-4,7-10H2,1H3,(H,23,25)/b22-13-. The van der Waals surface area contributed by atoms with E-state index in [0.29, 0.717) is 48.1 Å². The summed E-state index contributed by atoms with van der Waals surface area (Å²) >= 11 is 1.54. The van der Waals surface area contributed by atoms with Crippen LogP contribution in [0.5, 0.6) is 0 Å². The Balaban J connectivity index is 1.44. The van der Waals surface area contributed by atoms with Crippen molar-refractivity contribution in [2.24, 2.45) is 5.10 Å². The number of hydrogen-bond donors (Lipinski definition) is 1. The van der Waals surface area contributed by atoms with Gasteiger partial charge in [0.2, 0.25) is 0 Å². The maximum Gasteiger partial charge on any atom is 0.281 e. The summed E-state index contributed by atoms with van der Waals surface area (Å²) in [6.45, 7) is 4.35. The van der Waals surface area contributed by atoms with Crippen LogP contribution in [0.2, 0.25) is 0 Å². The van der Waals surface area contributed by atoms with Gasteiger partial charge in [-0.1, -0.05) is 6.07 Å². The van der Waals surface area contributed by atoms with Crippen molar-refractivity contribution in [1.29, 1.82) is 0 Å². The van der Waals surface area contributed by atoms with E-state index in [9.17, 15) is 9.18 Å². The molecule has 1 fully saturated rings. The molecule has 7 heteroatoms. The minimum absolute atomic E-state index is 0.209. The number of morpholine rings is 1. The minimum atomic E-state index is -0.287. The summed E-state index contributed by atoms with van der Waals surface area (Å²) in [5.74, 6) is -0.496. The van der Waals surface area contributed by atoms with Crippen molar-refractivity contribution in [3.05, 3.63) is 51.0 Å². The van der Waals surface area contributed by atoms with Crippen LogP contribution in [0.3, 0.4) is 0 Å². The minimum Gasteiger partial charge on any atom is -0.378 e. The molecule has 0 radical (unpaired) electrons. The summed E-state index contributed by atoms with van der Waals surface area (Å²) in [5, 5.41) is 4.16. The van der Waals surface area contributed by atoms with Crippen molar-refractivity contribution in [3.8, 4) is 0 Å². The fourth-order valence-corrected chi connectivity index (χ4v) is 4.63. The molecule has 1 aromatic carbocycles. The molecular formula is C20H22FN3O2S. The van der Waals surface area contributed by atoms with Crippen LogP contribution in [-0.2, 0) is 17.6 Å². The number of rotatable bonds is 4. The number of nitrogens with zero attached hydrogens (tertiary/aromatic N) is 2. The third-order valence-electron chi connectivity index (χ3n) is 5.01. The zero-order valence-corrected chi connectivity index (χ0v) is 16.1. The molecule has 1 aliphatic carbocycles. The SMILES string of the molecule is C/C(=N/NC(=O)c1cc2c(s1)CCC2)c1ccc(N2CCOCC2)c(F)c1. The molecule has 1 amide bonds. The average Bonchev–Trinajstić information content (AvgIpc) is 3.28. The first-order valence-electron chi connectivity index (χ1n) is 9.20. The van der Waals surface area contributed by atoms with Crippen molar-refractivity contribution in [3.63, 3.8) is 0 Å². The van der Waals surface area contributed by atoms with E-state index in [-0.39, 0.29) is 11.7 Å². The van der Waals surface area contributed by atoms with Crippen molar-refractivity contribution in [2.45, 2.75) is 26.2 Å². The number of halogens is 1. The molecule has 0 bridgehead atoms. The lowest BCUT2D eigenvalue weighted by Crippen LogP contribution is -2.36. The normalized spacial score (nSPS) is 17.1. The van der Waals surface area contributed by atoms with Crippen molar-refractivity contribution in [1.82, 2.24) is 5.43 Å². The summed E-state index contributed by atoms with van der Waals surface area (Å²) in [6, 6.07) is 7.03. The second-order valence-electron chi connectivity index (χ2n) is 6.82. The molecule has 1 N–H and O–H groups in total. The molecule has 0 atom stereocenters. The van der Waals surface area contributed by atoms with Gasteiger partial charge in [-0.25, -0.2) is 9.82 Å². The highest BCUT2D eigenvalue weighted by molar-refractivity contribution is 7.14. The Morgan fingerprint density at radius 3 is 2.81 bits per heavy atom. The van der Waals surface area contributed by atoms with Crippen LogP contribution in [0.4, 0.5) is 10.1 Å². The lowest BCUT2D eigenvalue weighted by Gasteiger charge is -2.29. The van der Waals surface area contributed by atoms with E-state index < -0.39 is 0 Å². The van der Waals surface area contributed by atoms with Gasteiger partial charge >= 0.3 is 0 Å². The maximum atomic E-state index is 14.5. The quantitative estimate of drug-likeness (QED) is 0.647. The number of carbonyl (C=O) groups is 1. The topological polar surface area (TPSA) is 53.9 Å². The van der Waals surface area contributed by atoms with Crippen LogP contribution in [0.25, 0.3) is 0 Å². The number of hydrazone groups is 1. The molecular weight excluding hydrogens is 365 g/mol. The number of thiophene rings is 1. The van der Waals surface area contributed by atoms with Gasteiger partial charge in [0.25, 0.3) is 5.91 Å². The first-order chi connectivity index (χ1) is 13.1. The van der Waals surface area contributed by atoms with Crippen LogP contribution in [-0.4, -0.2) is 37.9 Å². The van der Waals surface area contributed by atoms with Gasteiger partial charge in [0.1, 0.15) is 5.82 Å². The van der Waals surface area contributed by atoms with E-state index in [2.05, 4.69) is 10.5 Å². The molecule has 27 heavy (non-hydrogen) atoms. The fraction of sp³-hybridized carbons (Fsp3) is 0.400. The molecule has 2 aromatic rings. The highest BCUT2D eigenvalue weighted by Gasteiger charge is 2.19. The number of ether oxygens (including phenoxy) is 1. The number of amides is 1. The Labute approximate surface area is 161 Å². The maximum absolute atomic E-state index is 14.5. The third kappa shape index (κ3) is 3.89. The molecule has 0 saturated carbocycles. The molecule has 142 valence electrons. The molecule has 2 aliphatic rings. The molecule has 0 spiro atoms. The molecule has 5 nitrogen and oxygen atoms in total. The highest BCUT2D eigenvalue weighted by Crippen LogP contribution is 2.30. The van der Waals surface area contributed by atoms with Crippen LogP contribution >= 0.6 is 11.3 Å². The van der Waals surface area contributed by atoms with Gasteiger partial charge in [-0.05, 0) is 49.9 Å². The predicted molar refractivity (Wildman–Crippen MR) is 105 cm³/mol. The van der Waals surface area contributed by atoms with Gasteiger partial charge in [-0.3, -0.25) is 4.79 Å². The molecule has 0 unspecified atom stereocenters. The van der Waals surface area contributed by atoms with E-state index in [0.717, 1.165) is 12.8 Å². The van der Waals surface area contributed by atoms with E-state index in [1.54, 1.807) is 24.3 Å². The smallest absolute Gasteiger partial charge is 0.281 e. The predicted octanol–water partition coefficient (Wildman–Crippen LogP) is 3.37. The first kappa shape index (κ1) is 18.1. The number of carbonyl (C=O) groups excluding carboxylic acids is 1. The molecule has 2 heterocycles. The number of fused-ring (bicyclic) bond motifs is 1. The van der Waals surface area contributed by atoms with E-state index in [1.807, 2.05) is 17.0 Å². The zero-order valence-electron chi connectivity index (χ0n) is 15.3. The number of benzene rings is 1. The Kier molecular flexibility index (Phi) is 5.22.